The number of carbonyl (C=O) groups is 2. The van der Waals surface area contributed by atoms with Crippen LogP contribution in [0.25, 0.3) is 16.9 Å². The van der Waals surface area contributed by atoms with Crippen LogP contribution in [-0.2, 0) is 4.79 Å². The van der Waals surface area contributed by atoms with Gasteiger partial charge in [-0.1, -0.05) is 6.07 Å². The van der Waals surface area contributed by atoms with E-state index in [1.54, 1.807) is 41.5 Å². The summed E-state index contributed by atoms with van der Waals surface area (Å²) in [6.45, 7) is -0.250. The lowest BCUT2D eigenvalue weighted by Gasteiger charge is -2.12. The summed E-state index contributed by atoms with van der Waals surface area (Å²) in [6.07, 6.45) is 4.59. The number of pyridine rings is 1. The third-order valence-corrected chi connectivity index (χ3v) is 4.39. The normalized spacial score (nSPS) is 10.0. The molecule has 11 heteroatoms. The molecule has 0 bridgehead atoms. The molecule has 0 aliphatic heterocycles. The van der Waals surface area contributed by atoms with Crippen LogP contribution in [-0.4, -0.2) is 44.3 Å². The summed E-state index contributed by atoms with van der Waals surface area (Å²) in [5, 5.41) is 17.2. The molecule has 10 nitrogen and oxygen atoms in total. The molecule has 4 N–H and O–H groups in total. The fourth-order valence-electron chi connectivity index (χ4n) is 3.02. The van der Waals surface area contributed by atoms with Crippen molar-refractivity contribution < 1.29 is 23.8 Å². The van der Waals surface area contributed by atoms with Crippen molar-refractivity contribution in [2.45, 2.75) is 0 Å². The molecule has 0 spiro atoms. The Hall–Kier alpha value is -4.80. The van der Waals surface area contributed by atoms with Gasteiger partial charge in [-0.2, -0.15) is 0 Å². The smallest absolute Gasteiger partial charge is 0.290 e. The first-order valence-electron chi connectivity index (χ1n) is 9.40. The molecule has 4 rings (SSSR count). The highest BCUT2D eigenvalue weighted by Gasteiger charge is 2.15. The molecule has 2 heterocycles. The minimum atomic E-state index is -0.581. The van der Waals surface area contributed by atoms with Gasteiger partial charge >= 0.3 is 0 Å². The number of nitrogens with two attached hydrogens (primary N) is 1. The van der Waals surface area contributed by atoms with Gasteiger partial charge < -0.3 is 20.9 Å². The first-order valence-corrected chi connectivity index (χ1v) is 9.40. The summed E-state index contributed by atoms with van der Waals surface area (Å²) in [4.78, 5) is 25.4. The van der Waals surface area contributed by atoms with Crippen LogP contribution in [0.4, 0.5) is 15.8 Å². The summed E-state index contributed by atoms with van der Waals surface area (Å²) in [5.41, 5.74) is 8.44. The number of aromatic nitrogens is 4. The molecule has 1 amide bonds. The van der Waals surface area contributed by atoms with Crippen LogP contribution < -0.4 is 15.8 Å². The van der Waals surface area contributed by atoms with E-state index in [1.165, 1.54) is 25.4 Å². The lowest BCUT2D eigenvalue weighted by molar-refractivity contribution is -0.122. The van der Waals surface area contributed by atoms with E-state index in [0.717, 1.165) is 11.8 Å². The number of nitrogens with one attached hydrogen (secondary N) is 1. The number of hydrogen-bond acceptors (Lipinski definition) is 7. The quantitative estimate of drug-likeness (QED) is 0.394. The average molecular weight is 450 g/mol. The van der Waals surface area contributed by atoms with Crippen LogP contribution in [0.3, 0.4) is 0 Å². The van der Waals surface area contributed by atoms with Crippen LogP contribution >= 0.6 is 0 Å². The predicted octanol–water partition coefficient (Wildman–Crippen LogP) is 3.01. The number of ether oxygens (including phenoxy) is 1. The van der Waals surface area contributed by atoms with Crippen LogP contribution in [0.1, 0.15) is 10.4 Å². The molecule has 0 aliphatic rings. The van der Waals surface area contributed by atoms with Crippen LogP contribution in [0.2, 0.25) is 0 Å². The van der Waals surface area contributed by atoms with Crippen molar-refractivity contribution in [3.05, 3.63) is 78.8 Å². The van der Waals surface area contributed by atoms with Crippen molar-refractivity contribution in [1.82, 2.24) is 19.7 Å². The Kier molecular flexibility index (Phi) is 7.27. The molecule has 0 saturated carbocycles. The summed E-state index contributed by atoms with van der Waals surface area (Å²) < 4.78 is 21.3. The molecule has 0 fully saturated rings. The fourth-order valence-corrected chi connectivity index (χ4v) is 3.02. The zero-order valence-electron chi connectivity index (χ0n) is 17.3. The third-order valence-electron chi connectivity index (χ3n) is 4.39. The first-order chi connectivity index (χ1) is 16.0. The molecule has 4 aromatic rings. The highest BCUT2D eigenvalue weighted by molar-refractivity contribution is 6.05. The summed E-state index contributed by atoms with van der Waals surface area (Å²) in [5.74, 6) is -0.738. The fraction of sp³-hybridized carbons (Fsp3) is 0.0455. The number of methoxy groups -OCH3 is 1. The molecule has 2 aromatic carbocycles. The highest BCUT2D eigenvalue weighted by Crippen LogP contribution is 2.33. The Morgan fingerprint density at radius 1 is 1.18 bits per heavy atom. The average Bonchev–Trinajstić information content (AvgIpc) is 3.34. The Labute approximate surface area is 187 Å². The van der Waals surface area contributed by atoms with Gasteiger partial charge in [0.25, 0.3) is 12.4 Å². The molecular formula is C22H19FN6O4. The number of nitrogens with zero attached hydrogens (tertiary/aromatic N) is 4. The van der Waals surface area contributed by atoms with Crippen LogP contribution in [0.15, 0.2) is 67.4 Å². The van der Waals surface area contributed by atoms with Gasteiger partial charge in [0.2, 0.25) is 0 Å². The van der Waals surface area contributed by atoms with E-state index < -0.39 is 11.7 Å². The van der Waals surface area contributed by atoms with E-state index in [-0.39, 0.29) is 12.0 Å². The number of halogens is 1. The predicted molar refractivity (Wildman–Crippen MR) is 119 cm³/mol. The van der Waals surface area contributed by atoms with Crippen molar-refractivity contribution in [2.75, 3.05) is 18.2 Å². The maximum absolute atomic E-state index is 14.3. The Bertz CT molecular complexity index is 1260. The molecule has 0 saturated heterocycles. The van der Waals surface area contributed by atoms with Crippen LogP contribution in [0.5, 0.6) is 5.75 Å². The van der Waals surface area contributed by atoms with Gasteiger partial charge in [-0.25, -0.2) is 4.39 Å². The number of carboxylic acid groups (broad SMARTS) is 1. The maximum atomic E-state index is 14.3. The number of carbonyl (C=O) groups excluding carboxylic acids is 1. The lowest BCUT2D eigenvalue weighted by Crippen LogP contribution is -2.12. The second-order valence-electron chi connectivity index (χ2n) is 6.49. The summed E-state index contributed by atoms with van der Waals surface area (Å²) >= 11 is 0. The summed E-state index contributed by atoms with van der Waals surface area (Å²) in [7, 11) is 1.45. The minimum absolute atomic E-state index is 0.131. The standard InChI is InChI=1S/C21H17FN6O2.CH2O2/c1-30-20-18(23)5-6-24-19(20)13-7-14(9-15(22)8-13)21(29)27-16-3-2-4-17(10-16)28-11-25-26-12-28;2-1-3/h2-12H,1H3,(H2,23,24)(H,27,29);1H,(H,2,3). The topological polar surface area (TPSA) is 145 Å². The van der Waals surface area contributed by atoms with Gasteiger partial charge in [0.05, 0.1) is 18.5 Å². The molecule has 0 atom stereocenters. The molecule has 168 valence electrons. The Morgan fingerprint density at radius 3 is 2.61 bits per heavy atom. The number of rotatable bonds is 5. The monoisotopic (exact) mass is 450 g/mol. The second-order valence-corrected chi connectivity index (χ2v) is 6.49. The molecule has 2 aromatic heterocycles. The third kappa shape index (κ3) is 5.47. The van der Waals surface area contributed by atoms with Gasteiger partial charge in [-0.05, 0) is 42.5 Å². The Balaban J connectivity index is 0.000000968. The van der Waals surface area contributed by atoms with Crippen molar-refractivity contribution >= 4 is 23.8 Å². The Morgan fingerprint density at radius 2 is 1.91 bits per heavy atom. The molecular weight excluding hydrogens is 431 g/mol. The van der Waals surface area contributed by atoms with E-state index in [0.29, 0.717) is 28.4 Å². The van der Waals surface area contributed by atoms with E-state index in [9.17, 15) is 9.18 Å². The van der Waals surface area contributed by atoms with Crippen molar-refractivity contribution in [1.29, 1.82) is 0 Å². The zero-order valence-corrected chi connectivity index (χ0v) is 17.3. The first kappa shape index (κ1) is 22.9. The van der Waals surface area contributed by atoms with E-state index >= 15 is 0 Å². The van der Waals surface area contributed by atoms with E-state index in [2.05, 4.69) is 20.5 Å². The van der Waals surface area contributed by atoms with Crippen LogP contribution in [0, 0.1) is 5.82 Å². The van der Waals surface area contributed by atoms with Gasteiger partial charge in [-0.3, -0.25) is 19.1 Å². The zero-order chi connectivity index (χ0) is 23.8. The van der Waals surface area contributed by atoms with Gasteiger partial charge in [0, 0.05) is 23.0 Å². The summed E-state index contributed by atoms with van der Waals surface area (Å²) in [6, 6.07) is 12.7. The number of anilines is 2. The number of amides is 1. The molecule has 0 unspecified atom stereocenters. The lowest BCUT2D eigenvalue weighted by atomic mass is 10.0. The largest absolute Gasteiger partial charge is 0.492 e. The van der Waals surface area contributed by atoms with Crippen molar-refractivity contribution in [3.63, 3.8) is 0 Å². The maximum Gasteiger partial charge on any atom is 0.290 e. The van der Waals surface area contributed by atoms with E-state index in [4.69, 9.17) is 20.4 Å². The minimum Gasteiger partial charge on any atom is -0.492 e. The van der Waals surface area contributed by atoms with Gasteiger partial charge in [0.15, 0.2) is 5.75 Å². The SMILES string of the molecule is COc1c(N)ccnc1-c1cc(F)cc(C(=O)Nc2cccc(-n3cnnc3)c2)c1.O=CO. The van der Waals surface area contributed by atoms with E-state index in [1.807, 2.05) is 6.07 Å². The highest BCUT2D eigenvalue weighted by atomic mass is 19.1. The molecule has 0 radical (unpaired) electrons. The van der Waals surface area contributed by atoms with Gasteiger partial charge in [0.1, 0.15) is 24.2 Å². The second kappa shape index (κ2) is 10.5. The van der Waals surface area contributed by atoms with Crippen molar-refractivity contribution in [3.8, 4) is 22.7 Å². The number of nitrogen functional groups attached to an aromatic ring is 1. The molecule has 0 aliphatic carbocycles. The van der Waals surface area contributed by atoms with Gasteiger partial charge in [-0.15, -0.1) is 10.2 Å². The number of benzene rings is 2. The van der Waals surface area contributed by atoms with Crippen molar-refractivity contribution in [2.24, 2.45) is 0 Å². The number of hydrogen-bond donors (Lipinski definition) is 3. The molecule has 33 heavy (non-hydrogen) atoms.